The van der Waals surface area contributed by atoms with Gasteiger partial charge >= 0.3 is 0 Å². The Labute approximate surface area is 167 Å². The lowest BCUT2D eigenvalue weighted by Crippen LogP contribution is -2.38. The molecule has 1 aliphatic heterocycles. The molecule has 0 saturated carbocycles. The molecule has 0 aromatic heterocycles. The highest BCUT2D eigenvalue weighted by atomic mass is 35.5. The number of hydrogen-bond donors (Lipinski definition) is 1. The molecule has 0 spiro atoms. The van der Waals surface area contributed by atoms with Gasteiger partial charge in [-0.1, -0.05) is 24.6 Å². The Morgan fingerprint density at radius 1 is 1.21 bits per heavy atom. The summed E-state index contributed by atoms with van der Waals surface area (Å²) in [5, 5.41) is 2.30. The van der Waals surface area contributed by atoms with Gasteiger partial charge < -0.3 is 14.8 Å². The maximum Gasteiger partial charge on any atom is 0.246 e. The summed E-state index contributed by atoms with van der Waals surface area (Å²) >= 11 is 5.68. The quantitative estimate of drug-likeness (QED) is 0.764. The van der Waals surface area contributed by atoms with Gasteiger partial charge in [0.2, 0.25) is 15.9 Å². The first-order valence-corrected chi connectivity index (χ1v) is 10.3. The van der Waals surface area contributed by atoms with E-state index < -0.39 is 33.2 Å². The van der Waals surface area contributed by atoms with Crippen molar-refractivity contribution < 1.29 is 27.1 Å². The fourth-order valence-electron chi connectivity index (χ4n) is 2.67. The van der Waals surface area contributed by atoms with Crippen molar-refractivity contribution in [3.63, 3.8) is 0 Å². The van der Waals surface area contributed by atoms with Gasteiger partial charge in [0, 0.05) is 18.3 Å². The van der Waals surface area contributed by atoms with Gasteiger partial charge in [-0.2, -0.15) is 4.31 Å². The molecule has 0 fully saturated rings. The monoisotopic (exact) mass is 428 g/mol. The number of likely N-dealkylation sites (N-methyl/N-ethyl adjacent to an activating group) is 1. The van der Waals surface area contributed by atoms with Crippen LogP contribution in [0.25, 0.3) is 0 Å². The molecule has 7 nitrogen and oxygen atoms in total. The molecule has 2 aromatic rings. The molecule has 10 heteroatoms. The number of benzene rings is 2. The summed E-state index contributed by atoms with van der Waals surface area (Å²) in [6.07, 6.45) is 0. The van der Waals surface area contributed by atoms with Crippen LogP contribution in [0.1, 0.15) is 6.92 Å². The Hall–Kier alpha value is -2.36. The number of nitrogens with one attached hydrogen (secondary N) is 1. The topological polar surface area (TPSA) is 84.9 Å². The normalized spacial score (nSPS) is 13.4. The van der Waals surface area contributed by atoms with E-state index in [9.17, 15) is 17.6 Å². The van der Waals surface area contributed by atoms with Gasteiger partial charge in [0.1, 0.15) is 18.1 Å². The third kappa shape index (κ3) is 4.21. The maximum atomic E-state index is 14.2. The second kappa shape index (κ2) is 8.34. The summed E-state index contributed by atoms with van der Waals surface area (Å²) in [6.45, 7) is 1.89. The molecule has 0 radical (unpaired) electrons. The number of fused-ring (bicyclic) bond motifs is 1. The number of nitrogens with zero attached hydrogens (tertiary/aromatic N) is 1. The minimum atomic E-state index is -4.24. The zero-order valence-corrected chi connectivity index (χ0v) is 16.5. The SMILES string of the molecule is CCN(CC(=O)Nc1ccc2c(c1)OCCO2)S(=O)(=O)c1cccc(Cl)c1F. The molecule has 2 aromatic carbocycles. The van der Waals surface area contributed by atoms with Crippen molar-refractivity contribution in [2.24, 2.45) is 0 Å². The predicted octanol–water partition coefficient (Wildman–Crippen LogP) is 2.90. The van der Waals surface area contributed by atoms with Crippen LogP contribution in [0, 0.1) is 5.82 Å². The molecule has 3 rings (SSSR count). The van der Waals surface area contributed by atoms with E-state index in [0.717, 1.165) is 10.4 Å². The minimum Gasteiger partial charge on any atom is -0.486 e. The Balaban J connectivity index is 1.75. The minimum absolute atomic E-state index is 0.0250. The summed E-state index contributed by atoms with van der Waals surface area (Å²) in [4.78, 5) is 11.8. The molecule has 0 saturated heterocycles. The van der Waals surface area contributed by atoms with E-state index >= 15 is 0 Å². The number of carbonyl (C=O) groups excluding carboxylic acids is 1. The van der Waals surface area contributed by atoms with Crippen LogP contribution in [0.3, 0.4) is 0 Å². The first-order chi connectivity index (χ1) is 13.3. The van der Waals surface area contributed by atoms with Crippen LogP contribution >= 0.6 is 11.6 Å². The molecule has 0 bridgehead atoms. The second-order valence-electron chi connectivity index (χ2n) is 5.89. The van der Waals surface area contributed by atoms with Crippen LogP contribution < -0.4 is 14.8 Å². The number of sulfonamides is 1. The molecule has 0 aliphatic carbocycles. The molecule has 0 unspecified atom stereocenters. The van der Waals surface area contributed by atoms with Crippen molar-refractivity contribution in [2.45, 2.75) is 11.8 Å². The van der Waals surface area contributed by atoms with Crippen molar-refractivity contribution in [1.82, 2.24) is 4.31 Å². The summed E-state index contributed by atoms with van der Waals surface area (Å²) in [6, 6.07) is 8.56. The third-order valence-electron chi connectivity index (χ3n) is 4.03. The first kappa shape index (κ1) is 20.4. The van der Waals surface area contributed by atoms with Crippen LogP contribution in [0.15, 0.2) is 41.3 Å². The second-order valence-corrected chi connectivity index (χ2v) is 8.20. The number of anilines is 1. The van der Waals surface area contributed by atoms with E-state index in [2.05, 4.69) is 5.32 Å². The average molecular weight is 429 g/mol. The molecule has 1 amide bonds. The maximum absolute atomic E-state index is 14.2. The van der Waals surface area contributed by atoms with E-state index in [1.807, 2.05) is 0 Å². The molecule has 150 valence electrons. The van der Waals surface area contributed by atoms with Crippen LogP contribution in [-0.2, 0) is 14.8 Å². The van der Waals surface area contributed by atoms with E-state index in [1.54, 1.807) is 25.1 Å². The number of carbonyl (C=O) groups is 1. The highest BCUT2D eigenvalue weighted by Gasteiger charge is 2.29. The van der Waals surface area contributed by atoms with Gasteiger partial charge in [-0.25, -0.2) is 12.8 Å². The van der Waals surface area contributed by atoms with Gasteiger partial charge in [-0.15, -0.1) is 0 Å². The Kier molecular flexibility index (Phi) is 6.07. The summed E-state index contributed by atoms with van der Waals surface area (Å²) in [7, 11) is -4.24. The zero-order chi connectivity index (χ0) is 20.3. The molecular weight excluding hydrogens is 411 g/mol. The van der Waals surface area contributed by atoms with Gasteiger partial charge in [0.25, 0.3) is 0 Å². The number of amides is 1. The van der Waals surface area contributed by atoms with Crippen molar-refractivity contribution in [3.8, 4) is 11.5 Å². The summed E-state index contributed by atoms with van der Waals surface area (Å²) in [5.41, 5.74) is 0.427. The molecular formula is C18H18ClFN2O5S. The molecule has 0 atom stereocenters. The van der Waals surface area contributed by atoms with E-state index in [-0.39, 0.29) is 11.6 Å². The Morgan fingerprint density at radius 2 is 1.93 bits per heavy atom. The number of rotatable bonds is 6. The highest BCUT2D eigenvalue weighted by Crippen LogP contribution is 2.32. The van der Waals surface area contributed by atoms with Gasteiger partial charge in [-0.05, 0) is 24.3 Å². The van der Waals surface area contributed by atoms with Crippen LogP contribution in [0.4, 0.5) is 10.1 Å². The number of halogens is 2. The summed E-state index contributed by atoms with van der Waals surface area (Å²) in [5.74, 6) is -0.567. The van der Waals surface area contributed by atoms with Crippen LogP contribution in [-0.4, -0.2) is 44.9 Å². The van der Waals surface area contributed by atoms with Crippen LogP contribution in [0.5, 0.6) is 11.5 Å². The van der Waals surface area contributed by atoms with E-state index in [1.165, 1.54) is 12.1 Å². The Morgan fingerprint density at radius 3 is 2.64 bits per heavy atom. The molecule has 1 heterocycles. The fraction of sp³-hybridized carbons (Fsp3) is 0.278. The fourth-order valence-corrected chi connectivity index (χ4v) is 4.39. The van der Waals surface area contributed by atoms with Gasteiger partial charge in [0.05, 0.1) is 11.6 Å². The lowest BCUT2D eigenvalue weighted by molar-refractivity contribution is -0.116. The number of hydrogen-bond acceptors (Lipinski definition) is 5. The summed E-state index contributed by atoms with van der Waals surface area (Å²) < 4.78 is 51.4. The zero-order valence-electron chi connectivity index (χ0n) is 14.9. The van der Waals surface area contributed by atoms with Crippen molar-refractivity contribution in [3.05, 3.63) is 47.2 Å². The lowest BCUT2D eigenvalue weighted by Gasteiger charge is -2.21. The van der Waals surface area contributed by atoms with Crippen molar-refractivity contribution in [2.75, 3.05) is 31.6 Å². The van der Waals surface area contributed by atoms with Crippen molar-refractivity contribution in [1.29, 1.82) is 0 Å². The molecule has 28 heavy (non-hydrogen) atoms. The smallest absolute Gasteiger partial charge is 0.246 e. The standard InChI is InChI=1S/C18H18ClFN2O5S/c1-2-22(28(24,25)16-5-3-4-13(19)18(16)20)11-17(23)21-12-6-7-14-15(10-12)27-9-8-26-14/h3-7,10H,2,8-9,11H2,1H3,(H,21,23). The first-order valence-electron chi connectivity index (χ1n) is 8.46. The lowest BCUT2D eigenvalue weighted by atomic mass is 10.2. The molecule has 1 aliphatic rings. The predicted molar refractivity (Wildman–Crippen MR) is 102 cm³/mol. The Bertz CT molecular complexity index is 999. The molecule has 1 N–H and O–H groups in total. The number of ether oxygens (including phenoxy) is 2. The van der Waals surface area contributed by atoms with Gasteiger partial charge in [0.15, 0.2) is 17.3 Å². The largest absolute Gasteiger partial charge is 0.486 e. The highest BCUT2D eigenvalue weighted by molar-refractivity contribution is 7.89. The third-order valence-corrected chi connectivity index (χ3v) is 6.26. The van der Waals surface area contributed by atoms with E-state index in [0.29, 0.717) is 30.4 Å². The van der Waals surface area contributed by atoms with Gasteiger partial charge in [-0.3, -0.25) is 4.79 Å². The van der Waals surface area contributed by atoms with E-state index in [4.69, 9.17) is 21.1 Å². The van der Waals surface area contributed by atoms with Crippen molar-refractivity contribution >= 4 is 33.2 Å². The average Bonchev–Trinajstić information content (AvgIpc) is 2.67. The van der Waals surface area contributed by atoms with Crippen LogP contribution in [0.2, 0.25) is 5.02 Å².